The van der Waals surface area contributed by atoms with Gasteiger partial charge in [-0.05, 0) is 37.1 Å². The second-order valence-corrected chi connectivity index (χ2v) is 4.79. The van der Waals surface area contributed by atoms with Crippen molar-refractivity contribution in [1.82, 2.24) is 9.97 Å². The average molecular weight is 309 g/mol. The Bertz CT molecular complexity index is 578. The number of halogens is 1. The molecule has 4 N–H and O–H groups in total. The molecular weight excluding hydrogens is 292 g/mol. The molecule has 0 aliphatic heterocycles. The second kappa shape index (κ2) is 7.66. The Balaban J connectivity index is 2.08. The molecule has 7 heteroatoms. The number of aliphatic hydroxyl groups excluding tert-OH is 1. The van der Waals surface area contributed by atoms with Crippen molar-refractivity contribution in [2.24, 2.45) is 0 Å². The number of hydrogen-bond donors (Lipinski definition) is 3. The highest BCUT2D eigenvalue weighted by Crippen LogP contribution is 2.28. The normalized spacial score (nSPS) is 10.4. The number of nitrogens with one attached hydrogen (secondary N) is 1. The first-order valence-electron chi connectivity index (χ1n) is 6.59. The quantitative estimate of drug-likeness (QED) is 0.681. The number of nitrogens with zero attached hydrogens (tertiary/aromatic N) is 2. The zero-order valence-corrected chi connectivity index (χ0v) is 12.2. The van der Waals surface area contributed by atoms with Crippen LogP contribution in [0.4, 0.5) is 11.8 Å². The minimum Gasteiger partial charge on any atom is -0.452 e. The topological polar surface area (TPSA) is 93.3 Å². The molecule has 0 aliphatic carbocycles. The van der Waals surface area contributed by atoms with E-state index in [9.17, 15) is 0 Å². The molecular formula is C14H17ClN4O2. The van der Waals surface area contributed by atoms with E-state index in [2.05, 4.69) is 15.3 Å². The molecule has 21 heavy (non-hydrogen) atoms. The van der Waals surface area contributed by atoms with E-state index in [0.717, 1.165) is 12.8 Å². The predicted octanol–water partition coefficient (Wildman–Crippen LogP) is 2.69. The van der Waals surface area contributed by atoms with Crippen LogP contribution in [0.15, 0.2) is 30.5 Å². The van der Waals surface area contributed by atoms with Crippen LogP contribution >= 0.6 is 11.6 Å². The molecule has 0 radical (unpaired) electrons. The molecule has 0 unspecified atom stereocenters. The van der Waals surface area contributed by atoms with Gasteiger partial charge in [-0.2, -0.15) is 4.98 Å². The van der Waals surface area contributed by atoms with E-state index in [-0.39, 0.29) is 12.6 Å². The van der Waals surface area contributed by atoms with Crippen molar-refractivity contribution in [3.05, 3.63) is 35.5 Å². The number of nitrogens with two attached hydrogens (primary N) is 1. The zero-order valence-electron chi connectivity index (χ0n) is 11.4. The second-order valence-electron chi connectivity index (χ2n) is 4.35. The number of anilines is 2. The molecule has 112 valence electrons. The Kier molecular flexibility index (Phi) is 5.59. The monoisotopic (exact) mass is 308 g/mol. The number of ether oxygens (including phenoxy) is 1. The lowest BCUT2D eigenvalue weighted by Crippen LogP contribution is -2.08. The number of aliphatic hydroxyl groups is 1. The van der Waals surface area contributed by atoms with E-state index in [1.165, 1.54) is 6.20 Å². The lowest BCUT2D eigenvalue weighted by Gasteiger charge is -2.12. The molecule has 0 fully saturated rings. The number of hydrogen-bond acceptors (Lipinski definition) is 6. The number of nitrogen functional groups attached to an aromatic ring is 1. The summed E-state index contributed by atoms with van der Waals surface area (Å²) in [5, 5.41) is 12.5. The van der Waals surface area contributed by atoms with E-state index in [1.54, 1.807) is 24.3 Å². The summed E-state index contributed by atoms with van der Waals surface area (Å²) in [5.74, 6) is 1.81. The van der Waals surface area contributed by atoms with Crippen LogP contribution < -0.4 is 15.8 Å². The number of benzene rings is 1. The standard InChI is InChI=1S/C14H17ClN4O2/c15-10-3-5-11(6-4-10)21-12-9-18-14(16)19-13(12)17-7-1-2-8-20/h3-6,9,20H,1-2,7-8H2,(H3,16,17,18,19). The van der Waals surface area contributed by atoms with Crippen molar-refractivity contribution in [2.45, 2.75) is 12.8 Å². The van der Waals surface area contributed by atoms with Gasteiger partial charge >= 0.3 is 0 Å². The van der Waals surface area contributed by atoms with Crippen molar-refractivity contribution < 1.29 is 9.84 Å². The minimum absolute atomic E-state index is 0.168. The Morgan fingerprint density at radius 2 is 2.00 bits per heavy atom. The van der Waals surface area contributed by atoms with Crippen LogP contribution in [0.5, 0.6) is 11.5 Å². The summed E-state index contributed by atoms with van der Waals surface area (Å²) in [7, 11) is 0. The molecule has 0 aliphatic rings. The smallest absolute Gasteiger partial charge is 0.222 e. The SMILES string of the molecule is Nc1ncc(Oc2ccc(Cl)cc2)c(NCCCCO)n1. The largest absolute Gasteiger partial charge is 0.452 e. The first-order chi connectivity index (χ1) is 10.2. The summed E-state index contributed by atoms with van der Waals surface area (Å²) >= 11 is 5.84. The van der Waals surface area contributed by atoms with E-state index in [0.29, 0.717) is 28.9 Å². The maximum absolute atomic E-state index is 8.77. The Hall–Kier alpha value is -2.05. The van der Waals surface area contributed by atoms with Gasteiger partial charge in [0.2, 0.25) is 5.95 Å². The first-order valence-corrected chi connectivity index (χ1v) is 6.97. The van der Waals surface area contributed by atoms with E-state index in [4.69, 9.17) is 27.2 Å². The molecule has 0 bridgehead atoms. The van der Waals surface area contributed by atoms with Gasteiger partial charge in [-0.1, -0.05) is 11.6 Å². The van der Waals surface area contributed by atoms with Crippen molar-refractivity contribution >= 4 is 23.4 Å². The highest BCUT2D eigenvalue weighted by atomic mass is 35.5. The Morgan fingerprint density at radius 1 is 1.24 bits per heavy atom. The van der Waals surface area contributed by atoms with Gasteiger partial charge in [0.15, 0.2) is 11.6 Å². The molecule has 0 atom stereocenters. The molecule has 2 rings (SSSR count). The maximum Gasteiger partial charge on any atom is 0.222 e. The summed E-state index contributed by atoms with van der Waals surface area (Å²) in [6.07, 6.45) is 3.06. The van der Waals surface area contributed by atoms with Crippen LogP contribution in [-0.4, -0.2) is 28.2 Å². The molecule has 0 spiro atoms. The van der Waals surface area contributed by atoms with Gasteiger partial charge in [-0.25, -0.2) is 4.98 Å². The number of rotatable bonds is 7. The summed E-state index contributed by atoms with van der Waals surface area (Å²) in [4.78, 5) is 8.06. The van der Waals surface area contributed by atoms with Crippen LogP contribution in [0.1, 0.15) is 12.8 Å². The summed E-state index contributed by atoms with van der Waals surface area (Å²) in [6, 6.07) is 7.00. The third kappa shape index (κ3) is 4.77. The van der Waals surface area contributed by atoms with Gasteiger partial charge in [0, 0.05) is 18.2 Å². The number of aromatic nitrogens is 2. The van der Waals surface area contributed by atoms with Crippen molar-refractivity contribution in [1.29, 1.82) is 0 Å². The number of unbranched alkanes of at least 4 members (excludes halogenated alkanes) is 1. The van der Waals surface area contributed by atoms with E-state index in [1.807, 2.05) is 0 Å². The van der Waals surface area contributed by atoms with Gasteiger partial charge in [0.1, 0.15) is 5.75 Å². The average Bonchev–Trinajstić information content (AvgIpc) is 2.48. The predicted molar refractivity (Wildman–Crippen MR) is 82.8 cm³/mol. The van der Waals surface area contributed by atoms with Crippen molar-refractivity contribution in [3.63, 3.8) is 0 Å². The molecule has 0 saturated carbocycles. The molecule has 0 amide bonds. The van der Waals surface area contributed by atoms with Crippen molar-refractivity contribution in [3.8, 4) is 11.5 Å². The molecule has 1 aromatic carbocycles. The first kappa shape index (κ1) is 15.3. The molecule has 6 nitrogen and oxygen atoms in total. The molecule has 1 aromatic heterocycles. The molecule has 1 heterocycles. The summed E-state index contributed by atoms with van der Waals surface area (Å²) < 4.78 is 5.73. The highest BCUT2D eigenvalue weighted by molar-refractivity contribution is 6.30. The highest BCUT2D eigenvalue weighted by Gasteiger charge is 2.08. The third-order valence-corrected chi connectivity index (χ3v) is 2.94. The van der Waals surface area contributed by atoms with E-state index >= 15 is 0 Å². The third-order valence-electron chi connectivity index (χ3n) is 2.69. The van der Waals surface area contributed by atoms with Crippen LogP contribution in [0.3, 0.4) is 0 Å². The Morgan fingerprint density at radius 3 is 2.71 bits per heavy atom. The van der Waals surface area contributed by atoms with Crippen LogP contribution in [0.25, 0.3) is 0 Å². The van der Waals surface area contributed by atoms with Crippen LogP contribution in [-0.2, 0) is 0 Å². The molecule has 0 saturated heterocycles. The van der Waals surface area contributed by atoms with E-state index < -0.39 is 0 Å². The summed E-state index contributed by atoms with van der Waals surface area (Å²) in [6.45, 7) is 0.829. The fourth-order valence-electron chi connectivity index (χ4n) is 1.66. The minimum atomic E-state index is 0.168. The van der Waals surface area contributed by atoms with Gasteiger partial charge in [-0.15, -0.1) is 0 Å². The molecule has 2 aromatic rings. The zero-order chi connectivity index (χ0) is 15.1. The summed E-state index contributed by atoms with van der Waals surface area (Å²) in [5.41, 5.74) is 5.60. The van der Waals surface area contributed by atoms with Gasteiger partial charge < -0.3 is 20.9 Å². The Labute approximate surface area is 127 Å². The van der Waals surface area contributed by atoms with Crippen molar-refractivity contribution in [2.75, 3.05) is 24.2 Å². The maximum atomic E-state index is 8.77. The van der Waals surface area contributed by atoms with Crippen LogP contribution in [0.2, 0.25) is 5.02 Å². The lowest BCUT2D eigenvalue weighted by molar-refractivity contribution is 0.286. The van der Waals surface area contributed by atoms with Gasteiger partial charge in [-0.3, -0.25) is 0 Å². The van der Waals surface area contributed by atoms with Gasteiger partial charge in [0.25, 0.3) is 0 Å². The van der Waals surface area contributed by atoms with Gasteiger partial charge in [0.05, 0.1) is 6.20 Å². The van der Waals surface area contributed by atoms with Crippen LogP contribution in [0, 0.1) is 0 Å². The lowest BCUT2D eigenvalue weighted by atomic mass is 10.3. The fraction of sp³-hybridized carbons (Fsp3) is 0.286. The fourth-order valence-corrected chi connectivity index (χ4v) is 1.78.